The summed E-state index contributed by atoms with van der Waals surface area (Å²) < 4.78 is 0. The van der Waals surface area contributed by atoms with E-state index in [-0.39, 0.29) is 11.9 Å². The molecule has 1 aliphatic heterocycles. The van der Waals surface area contributed by atoms with Gasteiger partial charge in [-0.15, -0.1) is 11.3 Å². The Morgan fingerprint density at radius 1 is 1.29 bits per heavy atom. The zero-order valence-electron chi connectivity index (χ0n) is 14.7. The number of hydrogen-bond donors (Lipinski definition) is 0. The van der Waals surface area contributed by atoms with E-state index in [0.29, 0.717) is 12.6 Å². The average molecular weight is 343 g/mol. The molecule has 0 aliphatic carbocycles. The number of rotatable bonds is 5. The molecule has 1 amide bonds. The van der Waals surface area contributed by atoms with E-state index >= 15 is 0 Å². The van der Waals surface area contributed by atoms with Crippen molar-refractivity contribution in [2.24, 2.45) is 0 Å². The fourth-order valence-electron chi connectivity index (χ4n) is 3.59. The van der Waals surface area contributed by atoms with Crippen molar-refractivity contribution in [2.45, 2.75) is 45.3 Å². The SMILES string of the molecule is Cc1ccc(C2CCCN2C(C)C(=O)N(C)Cc2ccccc2)s1. The first kappa shape index (κ1) is 17.2. The van der Waals surface area contributed by atoms with Crippen LogP contribution in [0.5, 0.6) is 0 Å². The van der Waals surface area contributed by atoms with Gasteiger partial charge in [-0.3, -0.25) is 9.69 Å². The third-order valence-corrected chi connectivity index (χ3v) is 5.98. The lowest BCUT2D eigenvalue weighted by Crippen LogP contribution is -2.45. The molecule has 4 heteroatoms. The molecule has 1 aliphatic rings. The van der Waals surface area contributed by atoms with Crippen LogP contribution in [0.3, 0.4) is 0 Å². The van der Waals surface area contributed by atoms with Crippen molar-refractivity contribution in [3.05, 3.63) is 57.8 Å². The molecule has 3 nitrogen and oxygen atoms in total. The number of likely N-dealkylation sites (tertiary alicyclic amines) is 1. The molecule has 2 heterocycles. The van der Waals surface area contributed by atoms with Crippen LogP contribution in [-0.2, 0) is 11.3 Å². The molecule has 1 saturated heterocycles. The smallest absolute Gasteiger partial charge is 0.239 e. The zero-order chi connectivity index (χ0) is 17.1. The highest BCUT2D eigenvalue weighted by Crippen LogP contribution is 2.37. The van der Waals surface area contributed by atoms with Crippen LogP contribution in [-0.4, -0.2) is 35.3 Å². The fourth-order valence-corrected chi connectivity index (χ4v) is 4.62. The molecule has 1 aromatic heterocycles. The first-order chi connectivity index (χ1) is 11.6. The number of benzene rings is 1. The summed E-state index contributed by atoms with van der Waals surface area (Å²) in [5.41, 5.74) is 1.17. The molecule has 2 unspecified atom stereocenters. The molecule has 0 N–H and O–H groups in total. The summed E-state index contributed by atoms with van der Waals surface area (Å²) in [6.45, 7) is 5.88. The van der Waals surface area contributed by atoms with Gasteiger partial charge in [-0.05, 0) is 50.9 Å². The highest BCUT2D eigenvalue weighted by molar-refractivity contribution is 7.12. The quantitative estimate of drug-likeness (QED) is 0.811. The Balaban J connectivity index is 1.68. The molecule has 0 spiro atoms. The number of nitrogens with zero attached hydrogens (tertiary/aromatic N) is 2. The third kappa shape index (κ3) is 3.70. The zero-order valence-corrected chi connectivity index (χ0v) is 15.6. The van der Waals surface area contributed by atoms with Crippen molar-refractivity contribution >= 4 is 17.2 Å². The number of likely N-dealkylation sites (N-methyl/N-ethyl adjacent to an activating group) is 1. The molecule has 3 rings (SSSR count). The Hall–Kier alpha value is -1.65. The minimum Gasteiger partial charge on any atom is -0.340 e. The second kappa shape index (κ2) is 7.49. The van der Waals surface area contributed by atoms with Crippen LogP contribution in [0, 0.1) is 6.92 Å². The summed E-state index contributed by atoms with van der Waals surface area (Å²) in [6, 6.07) is 14.9. The van der Waals surface area contributed by atoms with Crippen molar-refractivity contribution in [1.29, 1.82) is 0 Å². The van der Waals surface area contributed by atoms with Gasteiger partial charge in [0, 0.05) is 29.4 Å². The Morgan fingerprint density at radius 2 is 2.04 bits per heavy atom. The maximum atomic E-state index is 12.9. The maximum absolute atomic E-state index is 12.9. The monoisotopic (exact) mass is 342 g/mol. The Morgan fingerprint density at radius 3 is 2.71 bits per heavy atom. The Bertz CT molecular complexity index is 682. The summed E-state index contributed by atoms with van der Waals surface area (Å²) >= 11 is 1.86. The van der Waals surface area contributed by atoms with E-state index < -0.39 is 0 Å². The van der Waals surface area contributed by atoms with Gasteiger partial charge < -0.3 is 4.90 Å². The van der Waals surface area contributed by atoms with Crippen LogP contribution in [0.4, 0.5) is 0 Å². The van der Waals surface area contributed by atoms with Crippen LogP contribution < -0.4 is 0 Å². The van der Waals surface area contributed by atoms with Crippen LogP contribution in [0.25, 0.3) is 0 Å². The summed E-state index contributed by atoms with van der Waals surface area (Å²) in [7, 11) is 1.91. The van der Waals surface area contributed by atoms with Gasteiger partial charge >= 0.3 is 0 Å². The molecule has 0 saturated carbocycles. The second-order valence-corrected chi connectivity index (χ2v) is 8.02. The summed E-state index contributed by atoms with van der Waals surface area (Å²) in [6.07, 6.45) is 2.32. The summed E-state index contributed by atoms with van der Waals surface area (Å²) in [4.78, 5) is 19.9. The Kier molecular flexibility index (Phi) is 5.36. The van der Waals surface area contributed by atoms with E-state index in [9.17, 15) is 4.79 Å². The normalized spacial score (nSPS) is 19.4. The van der Waals surface area contributed by atoms with Gasteiger partial charge in [0.1, 0.15) is 0 Å². The van der Waals surface area contributed by atoms with Gasteiger partial charge in [0.25, 0.3) is 0 Å². The van der Waals surface area contributed by atoms with E-state index in [4.69, 9.17) is 0 Å². The molecule has 1 fully saturated rings. The fraction of sp³-hybridized carbons (Fsp3) is 0.450. The lowest BCUT2D eigenvalue weighted by Gasteiger charge is -2.32. The minimum absolute atomic E-state index is 0.0754. The van der Waals surface area contributed by atoms with Crippen LogP contribution in [0.1, 0.15) is 41.1 Å². The molecule has 128 valence electrons. The number of hydrogen-bond acceptors (Lipinski definition) is 3. The summed E-state index contributed by atoms with van der Waals surface area (Å²) in [5.74, 6) is 0.207. The standard InChI is InChI=1S/C20H26N2OS/c1-15-11-12-19(24-15)18-10-7-13-22(18)16(2)20(23)21(3)14-17-8-5-4-6-9-17/h4-6,8-9,11-12,16,18H,7,10,13-14H2,1-3H3. The van der Waals surface area contributed by atoms with E-state index in [1.807, 2.05) is 41.5 Å². The van der Waals surface area contributed by atoms with Crippen LogP contribution in [0.2, 0.25) is 0 Å². The van der Waals surface area contributed by atoms with Crippen LogP contribution >= 0.6 is 11.3 Å². The first-order valence-electron chi connectivity index (χ1n) is 8.67. The van der Waals surface area contributed by atoms with Crippen molar-refractivity contribution < 1.29 is 4.79 Å². The predicted octanol–water partition coefficient (Wildman–Crippen LogP) is 4.24. The van der Waals surface area contributed by atoms with Crippen molar-refractivity contribution in [2.75, 3.05) is 13.6 Å². The molecule has 1 aromatic carbocycles. The number of carbonyl (C=O) groups excluding carboxylic acids is 1. The predicted molar refractivity (Wildman–Crippen MR) is 100 cm³/mol. The van der Waals surface area contributed by atoms with Crippen molar-refractivity contribution in [1.82, 2.24) is 9.80 Å². The number of amides is 1. The van der Waals surface area contributed by atoms with Gasteiger partial charge in [0.15, 0.2) is 0 Å². The van der Waals surface area contributed by atoms with Crippen molar-refractivity contribution in [3.8, 4) is 0 Å². The minimum atomic E-state index is -0.0754. The second-order valence-electron chi connectivity index (χ2n) is 6.70. The van der Waals surface area contributed by atoms with E-state index in [0.717, 1.165) is 13.0 Å². The number of aryl methyl sites for hydroxylation is 1. The van der Waals surface area contributed by atoms with E-state index in [1.165, 1.54) is 21.7 Å². The van der Waals surface area contributed by atoms with E-state index in [1.54, 1.807) is 0 Å². The van der Waals surface area contributed by atoms with Crippen molar-refractivity contribution in [3.63, 3.8) is 0 Å². The molecular formula is C20H26N2OS. The largest absolute Gasteiger partial charge is 0.340 e. The summed E-state index contributed by atoms with van der Waals surface area (Å²) in [5, 5.41) is 0. The number of carbonyl (C=O) groups is 1. The third-order valence-electron chi connectivity index (χ3n) is 4.88. The van der Waals surface area contributed by atoms with Gasteiger partial charge in [-0.25, -0.2) is 0 Å². The highest BCUT2D eigenvalue weighted by Gasteiger charge is 2.34. The molecule has 2 atom stereocenters. The highest BCUT2D eigenvalue weighted by atomic mass is 32.1. The van der Waals surface area contributed by atoms with E-state index in [2.05, 4.69) is 43.0 Å². The molecule has 24 heavy (non-hydrogen) atoms. The first-order valence-corrected chi connectivity index (χ1v) is 9.49. The molecule has 0 radical (unpaired) electrons. The molecule has 0 bridgehead atoms. The topological polar surface area (TPSA) is 23.6 Å². The van der Waals surface area contributed by atoms with Gasteiger partial charge in [0.05, 0.1) is 6.04 Å². The lowest BCUT2D eigenvalue weighted by molar-refractivity contribution is -0.136. The van der Waals surface area contributed by atoms with Gasteiger partial charge in [-0.2, -0.15) is 0 Å². The molecular weight excluding hydrogens is 316 g/mol. The number of thiophene rings is 1. The maximum Gasteiger partial charge on any atom is 0.239 e. The van der Waals surface area contributed by atoms with Crippen LogP contribution in [0.15, 0.2) is 42.5 Å². The Labute approximate surface area is 148 Å². The molecule has 2 aromatic rings. The van der Waals surface area contributed by atoms with Gasteiger partial charge in [0.2, 0.25) is 5.91 Å². The average Bonchev–Trinajstić information content (AvgIpc) is 3.23. The lowest BCUT2D eigenvalue weighted by atomic mass is 10.1. The van der Waals surface area contributed by atoms with Gasteiger partial charge in [-0.1, -0.05) is 30.3 Å².